The van der Waals surface area contributed by atoms with E-state index in [1.807, 2.05) is 11.6 Å². The van der Waals surface area contributed by atoms with Crippen LogP contribution < -0.4 is 11.1 Å². The largest absolute Gasteiger partial charge is 0.394 e. The predicted octanol–water partition coefficient (Wildman–Crippen LogP) is 2.58. The zero-order valence-electron chi connectivity index (χ0n) is 12.5. The van der Waals surface area contributed by atoms with E-state index in [0.29, 0.717) is 11.5 Å². The van der Waals surface area contributed by atoms with Crippen LogP contribution in [-0.4, -0.2) is 30.0 Å². The number of nitrogens with zero attached hydrogens (tertiary/aromatic N) is 2. The number of anilines is 2. The first-order valence-corrected chi connectivity index (χ1v) is 7.06. The van der Waals surface area contributed by atoms with Gasteiger partial charge in [-0.05, 0) is 45.4 Å². The molecule has 5 heteroatoms. The van der Waals surface area contributed by atoms with Crippen LogP contribution in [0.5, 0.6) is 0 Å². The first-order valence-electron chi connectivity index (χ1n) is 7.06. The summed E-state index contributed by atoms with van der Waals surface area (Å²) < 4.78 is 7.17. The number of nitrogen functional groups attached to an aromatic ring is 1. The lowest BCUT2D eigenvalue weighted by Crippen LogP contribution is -2.20. The van der Waals surface area contributed by atoms with Gasteiger partial charge in [-0.3, -0.25) is 0 Å². The lowest BCUT2D eigenvalue weighted by molar-refractivity contribution is 0.174. The van der Waals surface area contributed by atoms with E-state index in [1.165, 1.54) is 12.8 Å². The minimum absolute atomic E-state index is 0.313. The van der Waals surface area contributed by atoms with Crippen LogP contribution >= 0.6 is 0 Å². The molecule has 1 heterocycles. The second kappa shape index (κ2) is 5.41. The van der Waals surface area contributed by atoms with Crippen LogP contribution in [0, 0.1) is 12.3 Å². The van der Waals surface area contributed by atoms with Gasteiger partial charge < -0.3 is 15.8 Å². The van der Waals surface area contributed by atoms with E-state index in [1.54, 1.807) is 7.11 Å². The third-order valence-corrected chi connectivity index (χ3v) is 4.05. The summed E-state index contributed by atoms with van der Waals surface area (Å²) in [5.74, 6) is 0.969. The van der Waals surface area contributed by atoms with Crippen molar-refractivity contribution in [2.75, 3.05) is 31.3 Å². The molecule has 1 aromatic rings. The second-order valence-electron chi connectivity index (χ2n) is 5.98. The van der Waals surface area contributed by atoms with Gasteiger partial charge in [-0.2, -0.15) is 5.10 Å². The van der Waals surface area contributed by atoms with E-state index < -0.39 is 0 Å². The Kier molecular flexibility index (Phi) is 4.04. The number of ether oxygens (including phenoxy) is 1. The predicted molar refractivity (Wildman–Crippen MR) is 78.4 cm³/mol. The summed E-state index contributed by atoms with van der Waals surface area (Å²) in [5.41, 5.74) is 8.20. The van der Waals surface area contributed by atoms with Crippen LogP contribution in [-0.2, 0) is 4.74 Å². The van der Waals surface area contributed by atoms with Gasteiger partial charge >= 0.3 is 0 Å². The van der Waals surface area contributed by atoms with Crippen LogP contribution in [0.1, 0.15) is 44.8 Å². The molecule has 0 amide bonds. The van der Waals surface area contributed by atoms with Crippen molar-refractivity contribution in [3.63, 3.8) is 0 Å². The molecule has 0 unspecified atom stereocenters. The molecule has 1 aliphatic carbocycles. The summed E-state index contributed by atoms with van der Waals surface area (Å²) in [6.45, 7) is 7.99. The third kappa shape index (κ3) is 3.03. The maximum absolute atomic E-state index is 6.12. The lowest BCUT2D eigenvalue weighted by Gasteiger charge is -2.18. The van der Waals surface area contributed by atoms with Crippen molar-refractivity contribution in [1.29, 1.82) is 0 Å². The number of aryl methyl sites for hydroxylation is 1. The molecule has 5 nitrogen and oxygen atoms in total. The van der Waals surface area contributed by atoms with Gasteiger partial charge in [0.15, 0.2) is 0 Å². The molecule has 0 atom stereocenters. The molecule has 0 spiro atoms. The van der Waals surface area contributed by atoms with Gasteiger partial charge in [0, 0.05) is 26.3 Å². The van der Waals surface area contributed by atoms with Crippen molar-refractivity contribution in [3.05, 3.63) is 5.69 Å². The third-order valence-electron chi connectivity index (χ3n) is 4.05. The van der Waals surface area contributed by atoms with E-state index in [2.05, 4.69) is 24.3 Å². The van der Waals surface area contributed by atoms with Gasteiger partial charge in [-0.1, -0.05) is 0 Å². The molecular weight excluding hydrogens is 240 g/mol. The van der Waals surface area contributed by atoms with Crippen LogP contribution in [0.2, 0.25) is 0 Å². The number of rotatable bonds is 7. The standard InChI is InChI=1S/C14H26N4O/c1-10(2)18-13(12(15)11(3)17-18)16-9-14(5-6-14)7-8-19-4/h10,16H,5-9,15H2,1-4H3. The van der Waals surface area contributed by atoms with Gasteiger partial charge in [0.25, 0.3) is 0 Å². The average Bonchev–Trinajstić information content (AvgIpc) is 3.08. The Morgan fingerprint density at radius 2 is 2.16 bits per heavy atom. The highest BCUT2D eigenvalue weighted by molar-refractivity contribution is 5.65. The highest BCUT2D eigenvalue weighted by Crippen LogP contribution is 2.49. The zero-order chi connectivity index (χ0) is 14.0. The fourth-order valence-electron chi connectivity index (χ4n) is 2.39. The molecule has 1 aromatic heterocycles. The number of hydrogen-bond acceptors (Lipinski definition) is 4. The Hall–Kier alpha value is -1.23. The number of aromatic nitrogens is 2. The van der Waals surface area contributed by atoms with E-state index in [-0.39, 0.29) is 0 Å². The van der Waals surface area contributed by atoms with Gasteiger partial charge in [-0.25, -0.2) is 4.68 Å². The molecule has 0 radical (unpaired) electrons. The first kappa shape index (κ1) is 14.2. The van der Waals surface area contributed by atoms with Crippen LogP contribution in [0.15, 0.2) is 0 Å². The van der Waals surface area contributed by atoms with E-state index in [9.17, 15) is 0 Å². The van der Waals surface area contributed by atoms with Crippen molar-refractivity contribution >= 4 is 11.5 Å². The smallest absolute Gasteiger partial charge is 0.148 e. The van der Waals surface area contributed by atoms with Crippen molar-refractivity contribution < 1.29 is 4.74 Å². The normalized spacial score (nSPS) is 16.9. The monoisotopic (exact) mass is 266 g/mol. The maximum atomic E-state index is 6.12. The number of methoxy groups -OCH3 is 1. The second-order valence-corrected chi connectivity index (χ2v) is 5.98. The summed E-state index contributed by atoms with van der Waals surface area (Å²) in [7, 11) is 1.76. The fourth-order valence-corrected chi connectivity index (χ4v) is 2.39. The van der Waals surface area contributed by atoms with Gasteiger partial charge in [0.05, 0.1) is 11.4 Å². The molecule has 1 saturated carbocycles. The Morgan fingerprint density at radius 3 is 2.68 bits per heavy atom. The summed E-state index contributed by atoms with van der Waals surface area (Å²) in [6.07, 6.45) is 3.67. The van der Waals surface area contributed by atoms with Crippen molar-refractivity contribution in [2.45, 2.75) is 46.1 Å². The van der Waals surface area contributed by atoms with E-state index in [0.717, 1.165) is 36.8 Å². The minimum Gasteiger partial charge on any atom is -0.394 e. The highest BCUT2D eigenvalue weighted by Gasteiger charge is 2.42. The van der Waals surface area contributed by atoms with Crippen molar-refractivity contribution in [2.24, 2.45) is 5.41 Å². The SMILES string of the molecule is COCCC1(CNc2c(N)c(C)nn2C(C)C)CC1. The molecule has 1 fully saturated rings. The maximum Gasteiger partial charge on any atom is 0.148 e. The Balaban J connectivity index is 2.03. The molecule has 19 heavy (non-hydrogen) atoms. The molecule has 108 valence electrons. The Morgan fingerprint density at radius 1 is 1.47 bits per heavy atom. The van der Waals surface area contributed by atoms with Crippen LogP contribution in [0.3, 0.4) is 0 Å². The zero-order valence-corrected chi connectivity index (χ0v) is 12.5. The first-order chi connectivity index (χ1) is 8.99. The van der Waals surface area contributed by atoms with Crippen molar-refractivity contribution in [3.8, 4) is 0 Å². The fraction of sp³-hybridized carbons (Fsp3) is 0.786. The molecule has 0 bridgehead atoms. The summed E-state index contributed by atoms with van der Waals surface area (Å²) >= 11 is 0. The Bertz CT molecular complexity index is 435. The topological polar surface area (TPSA) is 65.1 Å². The number of nitrogens with one attached hydrogen (secondary N) is 1. The van der Waals surface area contributed by atoms with Crippen molar-refractivity contribution in [1.82, 2.24) is 9.78 Å². The van der Waals surface area contributed by atoms with E-state index in [4.69, 9.17) is 10.5 Å². The van der Waals surface area contributed by atoms with Crippen LogP contribution in [0.4, 0.5) is 11.5 Å². The quantitative estimate of drug-likeness (QED) is 0.796. The highest BCUT2D eigenvalue weighted by atomic mass is 16.5. The van der Waals surface area contributed by atoms with Gasteiger partial charge in [0.1, 0.15) is 5.82 Å². The molecule has 2 rings (SSSR count). The van der Waals surface area contributed by atoms with Gasteiger partial charge in [0.2, 0.25) is 0 Å². The van der Waals surface area contributed by atoms with Crippen LogP contribution in [0.25, 0.3) is 0 Å². The molecule has 0 aliphatic heterocycles. The molecule has 1 aliphatic rings. The Labute approximate surface area is 115 Å². The lowest BCUT2D eigenvalue weighted by atomic mass is 10.0. The molecule has 0 saturated heterocycles. The number of nitrogens with two attached hydrogens (primary N) is 1. The molecule has 3 N–H and O–H groups in total. The molecule has 0 aromatic carbocycles. The van der Waals surface area contributed by atoms with Gasteiger partial charge in [-0.15, -0.1) is 0 Å². The van der Waals surface area contributed by atoms with E-state index >= 15 is 0 Å². The average molecular weight is 266 g/mol. The summed E-state index contributed by atoms with van der Waals surface area (Å²) in [4.78, 5) is 0. The summed E-state index contributed by atoms with van der Waals surface area (Å²) in [5, 5.41) is 8.01. The summed E-state index contributed by atoms with van der Waals surface area (Å²) in [6, 6.07) is 0.313. The molecular formula is C14H26N4O. The number of hydrogen-bond donors (Lipinski definition) is 2. The minimum atomic E-state index is 0.313.